The molecule has 0 atom stereocenters. The first-order valence-electron chi connectivity index (χ1n) is 4.59. The Hall–Kier alpha value is -2.10. The van der Waals surface area contributed by atoms with Gasteiger partial charge in [-0.15, -0.1) is 0 Å². The van der Waals surface area contributed by atoms with Crippen molar-refractivity contribution in [3.8, 4) is 0 Å². The van der Waals surface area contributed by atoms with E-state index in [2.05, 4.69) is 38.1 Å². The van der Waals surface area contributed by atoms with E-state index >= 15 is 0 Å². The molecule has 0 saturated heterocycles. The van der Waals surface area contributed by atoms with Crippen molar-refractivity contribution in [1.29, 1.82) is 0 Å². The molecule has 0 aromatic heterocycles. The molecule has 2 N–H and O–H groups in total. The molecule has 4 heteroatoms. The van der Waals surface area contributed by atoms with Crippen LogP contribution >= 0.6 is 0 Å². The summed E-state index contributed by atoms with van der Waals surface area (Å²) in [6.45, 7) is 4.24. The summed E-state index contributed by atoms with van der Waals surface area (Å²) >= 11 is 0. The van der Waals surface area contributed by atoms with Crippen LogP contribution in [0.25, 0.3) is 0 Å². The van der Waals surface area contributed by atoms with E-state index in [1.54, 1.807) is 0 Å². The van der Waals surface area contributed by atoms with Gasteiger partial charge in [0, 0.05) is 12.2 Å². The molecule has 0 amide bonds. The van der Waals surface area contributed by atoms with Crippen LogP contribution in [0.2, 0.25) is 0 Å². The third-order valence-corrected chi connectivity index (χ3v) is 1.79. The van der Waals surface area contributed by atoms with E-state index in [1.807, 2.05) is 0 Å². The van der Waals surface area contributed by atoms with Gasteiger partial charge in [-0.3, -0.25) is 0 Å². The van der Waals surface area contributed by atoms with Crippen LogP contribution in [0.1, 0.15) is 11.1 Å². The third kappa shape index (κ3) is 7.32. The molecule has 0 bridgehead atoms. The summed E-state index contributed by atoms with van der Waals surface area (Å²) in [5.74, 6) is -2.51. The first kappa shape index (κ1) is 13.9. The number of rotatable bonds is 2. The van der Waals surface area contributed by atoms with Gasteiger partial charge in [-0.2, -0.15) is 0 Å². The van der Waals surface area contributed by atoms with Gasteiger partial charge in [0.05, 0.1) is 0 Å². The highest BCUT2D eigenvalue weighted by atomic mass is 16.4. The number of carbonyl (C=O) groups is 2. The van der Waals surface area contributed by atoms with Crippen LogP contribution < -0.4 is 0 Å². The van der Waals surface area contributed by atoms with Crippen molar-refractivity contribution in [2.75, 3.05) is 0 Å². The maximum atomic E-state index is 9.55. The summed E-state index contributed by atoms with van der Waals surface area (Å²) < 4.78 is 0. The number of hydrogen-bond acceptors (Lipinski definition) is 2. The van der Waals surface area contributed by atoms with Gasteiger partial charge in [-0.05, 0) is 25.0 Å². The fourth-order valence-corrected chi connectivity index (χ4v) is 0.805. The molecule has 86 valence electrons. The van der Waals surface area contributed by atoms with Crippen molar-refractivity contribution in [3.63, 3.8) is 0 Å². The fraction of sp³-hybridized carbons (Fsp3) is 0.167. The van der Waals surface area contributed by atoms with Crippen LogP contribution in [0.4, 0.5) is 0 Å². The Morgan fingerprint density at radius 1 is 0.938 bits per heavy atom. The largest absolute Gasteiger partial charge is 0.478 e. The summed E-state index contributed by atoms with van der Waals surface area (Å²) in [7, 11) is 0. The monoisotopic (exact) mass is 222 g/mol. The molecule has 0 fully saturated rings. The maximum absolute atomic E-state index is 9.55. The van der Waals surface area contributed by atoms with Crippen LogP contribution in [-0.4, -0.2) is 22.2 Å². The average molecular weight is 222 g/mol. The minimum Gasteiger partial charge on any atom is -0.478 e. The molecule has 16 heavy (non-hydrogen) atoms. The van der Waals surface area contributed by atoms with E-state index in [4.69, 9.17) is 10.2 Å². The Bertz CT molecular complexity index is 357. The number of hydrogen-bond donors (Lipinski definition) is 2. The van der Waals surface area contributed by atoms with Crippen molar-refractivity contribution in [2.45, 2.75) is 13.8 Å². The van der Waals surface area contributed by atoms with Gasteiger partial charge in [0.1, 0.15) is 0 Å². The Labute approximate surface area is 93.8 Å². The number of aryl methyl sites for hydroxylation is 2. The van der Waals surface area contributed by atoms with Crippen molar-refractivity contribution in [2.24, 2.45) is 0 Å². The second-order valence-electron chi connectivity index (χ2n) is 3.09. The van der Waals surface area contributed by atoms with Gasteiger partial charge in [-0.1, -0.05) is 24.3 Å². The van der Waals surface area contributed by atoms with Gasteiger partial charge >= 0.3 is 11.9 Å². The predicted molar refractivity (Wildman–Crippen MR) is 60.3 cm³/mol. The number of carboxylic acid groups (broad SMARTS) is 2. The number of carboxylic acids is 2. The van der Waals surface area contributed by atoms with Crippen molar-refractivity contribution >= 4 is 11.9 Å². The minimum absolute atomic E-state index is 0.558. The van der Waals surface area contributed by atoms with Crippen LogP contribution in [0.5, 0.6) is 0 Å². The molecule has 0 unspecified atom stereocenters. The van der Waals surface area contributed by atoms with Crippen LogP contribution in [0.3, 0.4) is 0 Å². The smallest absolute Gasteiger partial charge is 0.328 e. The molecule has 0 spiro atoms. The van der Waals surface area contributed by atoms with Crippen LogP contribution in [0.15, 0.2) is 36.4 Å². The number of aliphatic carboxylic acids is 2. The Morgan fingerprint density at radius 2 is 1.25 bits per heavy atom. The summed E-state index contributed by atoms with van der Waals surface area (Å²) in [4.78, 5) is 19.1. The lowest BCUT2D eigenvalue weighted by molar-refractivity contribution is -0.134. The molecule has 0 heterocycles. The van der Waals surface area contributed by atoms with E-state index in [1.165, 1.54) is 11.1 Å². The quantitative estimate of drug-likeness (QED) is 0.750. The van der Waals surface area contributed by atoms with E-state index in [0.717, 1.165) is 0 Å². The van der Waals surface area contributed by atoms with Gasteiger partial charge in [-0.25, -0.2) is 9.59 Å². The zero-order valence-corrected chi connectivity index (χ0v) is 9.18. The van der Waals surface area contributed by atoms with E-state index < -0.39 is 11.9 Å². The molecule has 0 saturated carbocycles. The second-order valence-corrected chi connectivity index (χ2v) is 3.09. The standard InChI is InChI=1S/C8H10.C4H4O4/c1-7-5-3-4-6-8(7)2;5-3(6)1-2-4(7)8/h3-6H,1-2H3;1-2H,(H,5,6)(H,7,8). The highest BCUT2D eigenvalue weighted by molar-refractivity contribution is 5.89. The summed E-state index contributed by atoms with van der Waals surface area (Å²) in [5, 5.41) is 15.6. The Kier molecular flexibility index (Phi) is 6.28. The topological polar surface area (TPSA) is 74.6 Å². The van der Waals surface area contributed by atoms with Crippen LogP contribution in [0, 0.1) is 13.8 Å². The predicted octanol–water partition coefficient (Wildman–Crippen LogP) is 2.02. The summed E-state index contributed by atoms with van der Waals surface area (Å²) in [6.07, 6.45) is 1.12. The lowest BCUT2D eigenvalue weighted by Crippen LogP contribution is -1.91. The molecule has 0 aliphatic rings. The fourth-order valence-electron chi connectivity index (χ4n) is 0.805. The lowest BCUT2D eigenvalue weighted by atomic mass is 10.1. The molecule has 0 radical (unpaired) electrons. The molecule has 1 aromatic carbocycles. The zero-order valence-electron chi connectivity index (χ0n) is 9.18. The first-order valence-corrected chi connectivity index (χ1v) is 4.59. The highest BCUT2D eigenvalue weighted by Gasteiger charge is 1.88. The van der Waals surface area contributed by atoms with Crippen molar-refractivity contribution < 1.29 is 19.8 Å². The molecule has 0 aliphatic heterocycles. The third-order valence-electron chi connectivity index (χ3n) is 1.79. The summed E-state index contributed by atoms with van der Waals surface area (Å²) in [6, 6.07) is 8.36. The number of benzene rings is 1. The molecule has 4 nitrogen and oxygen atoms in total. The molecular weight excluding hydrogens is 208 g/mol. The maximum Gasteiger partial charge on any atom is 0.328 e. The zero-order chi connectivity index (χ0) is 12.6. The Morgan fingerprint density at radius 3 is 1.44 bits per heavy atom. The average Bonchev–Trinajstić information content (AvgIpc) is 2.20. The van der Waals surface area contributed by atoms with E-state index in [9.17, 15) is 9.59 Å². The summed E-state index contributed by atoms with van der Waals surface area (Å²) in [5.41, 5.74) is 2.74. The van der Waals surface area contributed by atoms with Crippen molar-refractivity contribution in [3.05, 3.63) is 47.5 Å². The van der Waals surface area contributed by atoms with Gasteiger partial charge in [0.15, 0.2) is 0 Å². The van der Waals surface area contributed by atoms with E-state index in [-0.39, 0.29) is 0 Å². The normalized spacial score (nSPS) is 9.38. The van der Waals surface area contributed by atoms with Gasteiger partial charge in [0.2, 0.25) is 0 Å². The SMILES string of the molecule is Cc1ccccc1C.O=C(O)C=CC(=O)O. The second kappa shape index (κ2) is 7.23. The molecular formula is C12H14O4. The minimum atomic E-state index is -1.26. The van der Waals surface area contributed by atoms with E-state index in [0.29, 0.717) is 12.2 Å². The van der Waals surface area contributed by atoms with Gasteiger partial charge in [0.25, 0.3) is 0 Å². The Balaban J connectivity index is 0.000000281. The lowest BCUT2D eigenvalue weighted by Gasteiger charge is -1.93. The first-order chi connectivity index (χ1) is 7.43. The molecule has 0 aliphatic carbocycles. The van der Waals surface area contributed by atoms with Gasteiger partial charge < -0.3 is 10.2 Å². The van der Waals surface area contributed by atoms with Crippen LogP contribution in [-0.2, 0) is 9.59 Å². The molecule has 1 rings (SSSR count). The highest BCUT2D eigenvalue weighted by Crippen LogP contribution is 2.02. The van der Waals surface area contributed by atoms with Crippen molar-refractivity contribution in [1.82, 2.24) is 0 Å². The molecule has 1 aromatic rings.